The molecule has 2 aliphatic rings. The van der Waals surface area contributed by atoms with E-state index < -0.39 is 10.2 Å². The predicted octanol–water partition coefficient (Wildman–Crippen LogP) is 2.06. The molecule has 3 rings (SSSR count). The summed E-state index contributed by atoms with van der Waals surface area (Å²) in [6, 6.07) is 5.61. The average Bonchev–Trinajstić information content (AvgIpc) is 2.40. The smallest absolute Gasteiger partial charge is 0.279 e. The van der Waals surface area contributed by atoms with Gasteiger partial charge in [0, 0.05) is 13.1 Å². The lowest BCUT2D eigenvalue weighted by atomic mass is 9.93. The van der Waals surface area contributed by atoms with Crippen LogP contribution in [0.1, 0.15) is 32.1 Å². The molecule has 1 N–H and O–H groups in total. The van der Waals surface area contributed by atoms with Crippen molar-refractivity contribution in [2.75, 3.05) is 13.1 Å². The summed E-state index contributed by atoms with van der Waals surface area (Å²) in [5.74, 6) is 0.257. The minimum Gasteiger partial charge on any atom is -0.489 e. The second kappa shape index (κ2) is 6.52. The van der Waals surface area contributed by atoms with Gasteiger partial charge >= 0.3 is 0 Å². The van der Waals surface area contributed by atoms with Crippen LogP contribution < -0.4 is 9.46 Å². The standard InChI is InChI=1S/C15H21FN2O3S/c16-12-6-8-13(9-7-12)21-15-5-2-1-4-14(15)17-22(19,20)18-10-3-11-18/h6-9,14-15,17H,1-5,10-11H2. The van der Waals surface area contributed by atoms with Crippen molar-refractivity contribution in [3.63, 3.8) is 0 Å². The van der Waals surface area contributed by atoms with Crippen molar-refractivity contribution in [2.24, 2.45) is 0 Å². The Hall–Kier alpha value is -1.18. The average molecular weight is 328 g/mol. The highest BCUT2D eigenvalue weighted by atomic mass is 32.2. The van der Waals surface area contributed by atoms with Crippen LogP contribution in [0.25, 0.3) is 0 Å². The molecule has 122 valence electrons. The minimum atomic E-state index is -3.41. The summed E-state index contributed by atoms with van der Waals surface area (Å²) in [6.45, 7) is 1.18. The Morgan fingerprint density at radius 1 is 1.09 bits per heavy atom. The van der Waals surface area contributed by atoms with Gasteiger partial charge in [0.2, 0.25) is 0 Å². The number of hydrogen-bond acceptors (Lipinski definition) is 3. The topological polar surface area (TPSA) is 58.6 Å². The van der Waals surface area contributed by atoms with Gasteiger partial charge in [0.15, 0.2) is 0 Å². The number of benzene rings is 1. The van der Waals surface area contributed by atoms with Crippen LogP contribution in [0, 0.1) is 5.82 Å². The Morgan fingerprint density at radius 2 is 1.77 bits per heavy atom. The zero-order chi connectivity index (χ0) is 15.6. The van der Waals surface area contributed by atoms with Gasteiger partial charge in [-0.25, -0.2) is 4.39 Å². The number of nitrogens with one attached hydrogen (secondary N) is 1. The highest BCUT2D eigenvalue weighted by Crippen LogP contribution is 2.25. The summed E-state index contributed by atoms with van der Waals surface area (Å²) in [7, 11) is -3.41. The number of ether oxygens (including phenoxy) is 1. The second-order valence-electron chi connectivity index (χ2n) is 5.88. The van der Waals surface area contributed by atoms with Gasteiger partial charge in [0.1, 0.15) is 17.7 Å². The van der Waals surface area contributed by atoms with E-state index >= 15 is 0 Å². The first-order valence-corrected chi connectivity index (χ1v) is 9.18. The van der Waals surface area contributed by atoms with Crippen molar-refractivity contribution in [1.82, 2.24) is 9.03 Å². The first-order valence-electron chi connectivity index (χ1n) is 7.74. The maximum absolute atomic E-state index is 12.9. The van der Waals surface area contributed by atoms with Crippen molar-refractivity contribution >= 4 is 10.2 Å². The van der Waals surface area contributed by atoms with Crippen molar-refractivity contribution < 1.29 is 17.5 Å². The van der Waals surface area contributed by atoms with Crippen LogP contribution in [0.2, 0.25) is 0 Å². The van der Waals surface area contributed by atoms with Crippen molar-refractivity contribution in [1.29, 1.82) is 0 Å². The zero-order valence-electron chi connectivity index (χ0n) is 12.4. The SMILES string of the molecule is O=S(=O)(NC1CCCCC1Oc1ccc(F)cc1)N1CCC1. The molecule has 1 aliphatic carbocycles. The molecule has 2 atom stereocenters. The third-order valence-corrected chi connectivity index (χ3v) is 5.90. The lowest BCUT2D eigenvalue weighted by molar-refractivity contribution is 0.123. The highest BCUT2D eigenvalue weighted by Gasteiger charge is 2.34. The molecule has 7 heteroatoms. The minimum absolute atomic E-state index is 0.213. The molecule has 1 saturated carbocycles. The van der Waals surface area contributed by atoms with Gasteiger partial charge in [-0.3, -0.25) is 0 Å². The van der Waals surface area contributed by atoms with Gasteiger partial charge < -0.3 is 4.74 Å². The van der Waals surface area contributed by atoms with Crippen LogP contribution in [0.4, 0.5) is 4.39 Å². The Labute approximate surface area is 130 Å². The van der Waals surface area contributed by atoms with E-state index in [0.717, 1.165) is 32.1 Å². The first kappa shape index (κ1) is 15.7. The Kier molecular flexibility index (Phi) is 4.65. The zero-order valence-corrected chi connectivity index (χ0v) is 13.2. The number of halogens is 1. The third-order valence-electron chi connectivity index (χ3n) is 4.26. The van der Waals surface area contributed by atoms with Gasteiger partial charge in [0.25, 0.3) is 10.2 Å². The lowest BCUT2D eigenvalue weighted by Gasteiger charge is -2.36. The van der Waals surface area contributed by atoms with Crippen LogP contribution in [-0.2, 0) is 10.2 Å². The molecule has 0 radical (unpaired) electrons. The summed E-state index contributed by atoms with van der Waals surface area (Å²) >= 11 is 0. The van der Waals surface area contributed by atoms with E-state index in [-0.39, 0.29) is 18.0 Å². The van der Waals surface area contributed by atoms with Crippen LogP contribution >= 0.6 is 0 Å². The van der Waals surface area contributed by atoms with E-state index in [0.29, 0.717) is 18.8 Å². The quantitative estimate of drug-likeness (QED) is 0.900. The molecule has 1 aliphatic heterocycles. The van der Waals surface area contributed by atoms with Crippen LogP contribution in [0.3, 0.4) is 0 Å². The molecule has 1 saturated heterocycles. The summed E-state index contributed by atoms with van der Waals surface area (Å²) in [5.41, 5.74) is 0. The van der Waals surface area contributed by atoms with E-state index in [9.17, 15) is 12.8 Å². The Morgan fingerprint density at radius 3 is 2.41 bits per heavy atom. The number of nitrogens with zero attached hydrogens (tertiary/aromatic N) is 1. The molecule has 0 bridgehead atoms. The number of rotatable bonds is 5. The molecule has 1 aromatic rings. The van der Waals surface area contributed by atoms with Crippen LogP contribution in [-0.4, -0.2) is 38.0 Å². The monoisotopic (exact) mass is 328 g/mol. The first-order chi connectivity index (χ1) is 10.5. The van der Waals surface area contributed by atoms with Gasteiger partial charge in [-0.15, -0.1) is 0 Å². The van der Waals surface area contributed by atoms with Crippen LogP contribution in [0.5, 0.6) is 5.75 Å². The molecule has 2 fully saturated rings. The summed E-state index contributed by atoms with van der Waals surface area (Å²) in [5, 5.41) is 0. The molecular weight excluding hydrogens is 307 g/mol. The fraction of sp³-hybridized carbons (Fsp3) is 0.600. The normalized spacial score (nSPS) is 26.4. The van der Waals surface area contributed by atoms with Gasteiger partial charge in [0.05, 0.1) is 6.04 Å². The van der Waals surface area contributed by atoms with Crippen molar-refractivity contribution in [3.05, 3.63) is 30.1 Å². The molecule has 0 amide bonds. The second-order valence-corrected chi connectivity index (χ2v) is 7.58. The van der Waals surface area contributed by atoms with Crippen molar-refractivity contribution in [3.8, 4) is 5.75 Å². The fourth-order valence-electron chi connectivity index (χ4n) is 2.85. The molecule has 2 unspecified atom stereocenters. The largest absolute Gasteiger partial charge is 0.489 e. The number of hydrogen-bond donors (Lipinski definition) is 1. The van der Waals surface area contributed by atoms with E-state index in [1.165, 1.54) is 16.4 Å². The van der Waals surface area contributed by atoms with E-state index in [2.05, 4.69) is 4.72 Å². The maximum Gasteiger partial charge on any atom is 0.279 e. The van der Waals surface area contributed by atoms with Crippen LogP contribution in [0.15, 0.2) is 24.3 Å². The Balaban J connectivity index is 1.66. The molecule has 1 heterocycles. The summed E-state index contributed by atoms with van der Waals surface area (Å²) < 4.78 is 47.5. The molecular formula is C15H21FN2O3S. The molecule has 1 aromatic carbocycles. The van der Waals surface area contributed by atoms with Crippen molar-refractivity contribution in [2.45, 2.75) is 44.2 Å². The fourth-order valence-corrected chi connectivity index (χ4v) is 4.39. The molecule has 5 nitrogen and oxygen atoms in total. The maximum atomic E-state index is 12.9. The van der Waals surface area contributed by atoms with E-state index in [1.807, 2.05) is 0 Å². The molecule has 0 spiro atoms. The lowest BCUT2D eigenvalue weighted by Crippen LogP contribution is -2.55. The summed E-state index contributed by atoms with van der Waals surface area (Å²) in [4.78, 5) is 0. The predicted molar refractivity (Wildman–Crippen MR) is 81.3 cm³/mol. The van der Waals surface area contributed by atoms with E-state index in [4.69, 9.17) is 4.74 Å². The highest BCUT2D eigenvalue weighted by molar-refractivity contribution is 7.87. The molecule has 0 aromatic heterocycles. The van der Waals surface area contributed by atoms with Gasteiger partial charge in [-0.1, -0.05) is 6.42 Å². The van der Waals surface area contributed by atoms with E-state index in [1.54, 1.807) is 12.1 Å². The Bertz CT molecular complexity index is 602. The molecule has 22 heavy (non-hydrogen) atoms. The van der Waals surface area contributed by atoms with Gasteiger partial charge in [-0.2, -0.15) is 17.4 Å². The third kappa shape index (κ3) is 3.59. The summed E-state index contributed by atoms with van der Waals surface area (Å²) in [6.07, 6.45) is 4.25. The van der Waals surface area contributed by atoms with Gasteiger partial charge in [-0.05, 0) is 49.9 Å².